The fourth-order valence-corrected chi connectivity index (χ4v) is 2.73. The molecule has 116 valence electrons. The smallest absolute Gasteiger partial charge is 0.264 e. The van der Waals surface area contributed by atoms with Crippen LogP contribution >= 0.6 is 0 Å². The van der Waals surface area contributed by atoms with Crippen molar-refractivity contribution >= 4 is 15.9 Å². The molecule has 0 saturated carbocycles. The third-order valence-electron chi connectivity index (χ3n) is 2.87. The summed E-state index contributed by atoms with van der Waals surface area (Å²) < 4.78 is 31.7. The van der Waals surface area contributed by atoms with Gasteiger partial charge >= 0.3 is 0 Å². The van der Waals surface area contributed by atoms with Gasteiger partial charge in [-0.15, -0.1) is 0 Å². The van der Waals surface area contributed by atoms with Crippen LogP contribution in [0.5, 0.6) is 11.5 Å². The van der Waals surface area contributed by atoms with E-state index in [4.69, 9.17) is 4.74 Å². The molecule has 0 saturated heterocycles. The van der Waals surface area contributed by atoms with Crippen molar-refractivity contribution in [1.82, 2.24) is 4.72 Å². The lowest BCUT2D eigenvalue weighted by molar-refractivity contribution is -0.122. The standard InChI is InChI=1S/C16H17NO4S/c1-12(2)16(18)17-22(19,20)15-10-8-14(9-11-15)21-13-6-4-3-5-7-13/h3-12H,1-2H3,(H,17,18). The van der Waals surface area contributed by atoms with E-state index in [1.807, 2.05) is 22.9 Å². The lowest BCUT2D eigenvalue weighted by atomic mass is 10.2. The van der Waals surface area contributed by atoms with E-state index in [0.717, 1.165) is 0 Å². The minimum atomic E-state index is -3.85. The second-order valence-corrected chi connectivity index (χ2v) is 6.69. The van der Waals surface area contributed by atoms with E-state index in [1.54, 1.807) is 38.1 Å². The first-order chi connectivity index (χ1) is 10.4. The molecule has 0 aliphatic rings. The Bertz CT molecular complexity index is 737. The van der Waals surface area contributed by atoms with Gasteiger partial charge in [0.25, 0.3) is 10.0 Å². The molecule has 0 bridgehead atoms. The molecule has 0 fully saturated rings. The summed E-state index contributed by atoms with van der Waals surface area (Å²) in [5.41, 5.74) is 0. The van der Waals surface area contributed by atoms with Gasteiger partial charge in [-0.25, -0.2) is 13.1 Å². The van der Waals surface area contributed by atoms with Gasteiger partial charge in [0.05, 0.1) is 4.90 Å². The minimum Gasteiger partial charge on any atom is -0.457 e. The molecule has 1 amide bonds. The zero-order chi connectivity index (χ0) is 16.2. The Kier molecular flexibility index (Phi) is 4.82. The Hall–Kier alpha value is -2.34. The molecule has 1 N–H and O–H groups in total. The molecule has 0 aromatic heterocycles. The van der Waals surface area contributed by atoms with Crippen LogP contribution in [-0.4, -0.2) is 14.3 Å². The summed E-state index contributed by atoms with van der Waals surface area (Å²) in [6.07, 6.45) is 0. The number of para-hydroxylation sites is 1. The molecule has 2 aromatic rings. The second kappa shape index (κ2) is 6.62. The van der Waals surface area contributed by atoms with Crippen LogP contribution in [0.2, 0.25) is 0 Å². The third kappa shape index (κ3) is 4.08. The molecule has 2 rings (SSSR count). The molecular weight excluding hydrogens is 302 g/mol. The lowest BCUT2D eigenvalue weighted by Gasteiger charge is -2.10. The molecule has 0 aliphatic carbocycles. The number of carbonyl (C=O) groups excluding carboxylic acids is 1. The van der Waals surface area contributed by atoms with Crippen molar-refractivity contribution in [3.05, 3.63) is 54.6 Å². The third-order valence-corrected chi connectivity index (χ3v) is 4.23. The number of benzene rings is 2. The predicted molar refractivity (Wildman–Crippen MR) is 83.1 cm³/mol. The second-order valence-electron chi connectivity index (χ2n) is 5.01. The van der Waals surface area contributed by atoms with Crippen LogP contribution in [0.4, 0.5) is 0 Å². The maximum atomic E-state index is 12.0. The molecule has 5 nitrogen and oxygen atoms in total. The molecule has 0 atom stereocenters. The maximum absolute atomic E-state index is 12.0. The van der Waals surface area contributed by atoms with Gasteiger partial charge in [-0.3, -0.25) is 4.79 Å². The van der Waals surface area contributed by atoms with Crippen molar-refractivity contribution in [2.75, 3.05) is 0 Å². The number of sulfonamides is 1. The van der Waals surface area contributed by atoms with Crippen LogP contribution in [-0.2, 0) is 14.8 Å². The van der Waals surface area contributed by atoms with E-state index in [1.165, 1.54) is 12.1 Å². The fourth-order valence-electron chi connectivity index (χ4n) is 1.62. The summed E-state index contributed by atoms with van der Waals surface area (Å²) in [6.45, 7) is 3.25. The average Bonchev–Trinajstić information content (AvgIpc) is 2.48. The Balaban J connectivity index is 2.13. The van der Waals surface area contributed by atoms with Crippen LogP contribution < -0.4 is 9.46 Å². The van der Waals surface area contributed by atoms with Crippen molar-refractivity contribution in [3.8, 4) is 11.5 Å². The summed E-state index contributed by atoms with van der Waals surface area (Å²) in [7, 11) is -3.85. The Labute approximate surface area is 130 Å². The van der Waals surface area contributed by atoms with E-state index in [-0.39, 0.29) is 4.90 Å². The van der Waals surface area contributed by atoms with Crippen molar-refractivity contribution < 1.29 is 17.9 Å². The van der Waals surface area contributed by atoms with E-state index in [9.17, 15) is 13.2 Å². The molecule has 0 heterocycles. The van der Waals surface area contributed by atoms with Gasteiger partial charge in [0.1, 0.15) is 11.5 Å². The number of hydrogen-bond donors (Lipinski definition) is 1. The first kappa shape index (κ1) is 16.0. The van der Waals surface area contributed by atoms with Gasteiger partial charge < -0.3 is 4.74 Å². The Morgan fingerprint density at radius 3 is 2.05 bits per heavy atom. The zero-order valence-electron chi connectivity index (χ0n) is 12.3. The predicted octanol–water partition coefficient (Wildman–Crippen LogP) is 2.94. The molecule has 0 aliphatic heterocycles. The SMILES string of the molecule is CC(C)C(=O)NS(=O)(=O)c1ccc(Oc2ccccc2)cc1. The monoisotopic (exact) mass is 319 g/mol. The molecular formula is C16H17NO4S. The van der Waals surface area contributed by atoms with Gasteiger partial charge in [0.2, 0.25) is 5.91 Å². The maximum Gasteiger partial charge on any atom is 0.264 e. The number of hydrogen-bond acceptors (Lipinski definition) is 4. The lowest BCUT2D eigenvalue weighted by Crippen LogP contribution is -2.33. The summed E-state index contributed by atoms with van der Waals surface area (Å²) in [5, 5.41) is 0. The van der Waals surface area contributed by atoms with Crippen molar-refractivity contribution in [1.29, 1.82) is 0 Å². The van der Waals surface area contributed by atoms with Crippen LogP contribution in [0.25, 0.3) is 0 Å². The molecule has 0 spiro atoms. The van der Waals surface area contributed by atoms with Crippen molar-refractivity contribution in [2.45, 2.75) is 18.7 Å². The van der Waals surface area contributed by atoms with Crippen molar-refractivity contribution in [3.63, 3.8) is 0 Å². The highest BCUT2D eigenvalue weighted by atomic mass is 32.2. The Morgan fingerprint density at radius 1 is 0.955 bits per heavy atom. The fraction of sp³-hybridized carbons (Fsp3) is 0.188. The number of rotatable bonds is 5. The first-order valence-electron chi connectivity index (χ1n) is 6.78. The van der Waals surface area contributed by atoms with Crippen LogP contribution in [0, 0.1) is 5.92 Å². The highest BCUT2D eigenvalue weighted by Gasteiger charge is 2.19. The van der Waals surface area contributed by atoms with Crippen LogP contribution in [0.3, 0.4) is 0 Å². The topological polar surface area (TPSA) is 72.5 Å². The molecule has 22 heavy (non-hydrogen) atoms. The molecule has 2 aromatic carbocycles. The van der Waals surface area contributed by atoms with Gasteiger partial charge in [0, 0.05) is 5.92 Å². The van der Waals surface area contributed by atoms with Gasteiger partial charge in [0.15, 0.2) is 0 Å². The largest absolute Gasteiger partial charge is 0.457 e. The van der Waals surface area contributed by atoms with Crippen LogP contribution in [0.1, 0.15) is 13.8 Å². The quantitative estimate of drug-likeness (QED) is 0.919. The van der Waals surface area contributed by atoms with Crippen molar-refractivity contribution in [2.24, 2.45) is 5.92 Å². The van der Waals surface area contributed by atoms with Gasteiger partial charge in [-0.1, -0.05) is 32.0 Å². The number of carbonyl (C=O) groups is 1. The van der Waals surface area contributed by atoms with E-state index < -0.39 is 21.8 Å². The van der Waals surface area contributed by atoms with Gasteiger partial charge in [-0.2, -0.15) is 0 Å². The first-order valence-corrected chi connectivity index (χ1v) is 8.26. The number of ether oxygens (including phenoxy) is 1. The zero-order valence-corrected chi connectivity index (χ0v) is 13.1. The number of nitrogens with one attached hydrogen (secondary N) is 1. The average molecular weight is 319 g/mol. The van der Waals surface area contributed by atoms with Crippen LogP contribution in [0.15, 0.2) is 59.5 Å². The summed E-state index contributed by atoms with van der Waals surface area (Å²) in [6, 6.07) is 15.0. The summed E-state index contributed by atoms with van der Waals surface area (Å²) in [5.74, 6) is 0.228. The van der Waals surface area contributed by atoms with E-state index in [2.05, 4.69) is 0 Å². The summed E-state index contributed by atoms with van der Waals surface area (Å²) >= 11 is 0. The van der Waals surface area contributed by atoms with E-state index in [0.29, 0.717) is 11.5 Å². The highest BCUT2D eigenvalue weighted by molar-refractivity contribution is 7.90. The summed E-state index contributed by atoms with van der Waals surface area (Å²) in [4.78, 5) is 11.5. The molecule has 6 heteroatoms. The normalized spacial score (nSPS) is 11.2. The van der Waals surface area contributed by atoms with E-state index >= 15 is 0 Å². The molecule has 0 radical (unpaired) electrons. The van der Waals surface area contributed by atoms with Gasteiger partial charge in [-0.05, 0) is 36.4 Å². The highest BCUT2D eigenvalue weighted by Crippen LogP contribution is 2.22. The Morgan fingerprint density at radius 2 is 1.50 bits per heavy atom. The molecule has 0 unspecified atom stereocenters. The minimum absolute atomic E-state index is 0.0157. The number of amides is 1.